The van der Waals surface area contributed by atoms with Crippen LogP contribution >= 0.6 is 0 Å². The summed E-state index contributed by atoms with van der Waals surface area (Å²) in [7, 11) is 2.19. The van der Waals surface area contributed by atoms with Gasteiger partial charge in [-0.05, 0) is 19.2 Å². The number of pyridine rings is 1. The lowest BCUT2D eigenvalue weighted by Gasteiger charge is -2.32. The Morgan fingerprint density at radius 1 is 1.17 bits per heavy atom. The van der Waals surface area contributed by atoms with Crippen LogP contribution < -0.4 is 0 Å². The van der Waals surface area contributed by atoms with E-state index in [4.69, 9.17) is 0 Å². The van der Waals surface area contributed by atoms with Crippen molar-refractivity contribution in [1.29, 1.82) is 0 Å². The van der Waals surface area contributed by atoms with Crippen LogP contribution in [0.5, 0.6) is 0 Å². The van der Waals surface area contributed by atoms with Crippen LogP contribution in [-0.4, -0.2) is 59.0 Å². The summed E-state index contributed by atoms with van der Waals surface area (Å²) in [6.07, 6.45) is 5.09. The lowest BCUT2D eigenvalue weighted by Crippen LogP contribution is -2.45. The fourth-order valence-corrected chi connectivity index (χ4v) is 2.51. The maximum absolute atomic E-state index is 4.52. The normalized spacial score (nSPS) is 18.5. The van der Waals surface area contributed by atoms with Crippen molar-refractivity contribution in [2.75, 3.05) is 39.8 Å². The first-order valence-electron chi connectivity index (χ1n) is 6.65. The zero-order valence-corrected chi connectivity index (χ0v) is 10.9. The SMILES string of the molecule is CN1CCN(CCc2ncc3ccccn23)CC1. The molecule has 0 atom stereocenters. The molecule has 0 aromatic carbocycles. The second-order valence-corrected chi connectivity index (χ2v) is 5.06. The fourth-order valence-electron chi connectivity index (χ4n) is 2.51. The zero-order valence-electron chi connectivity index (χ0n) is 10.9. The van der Waals surface area contributed by atoms with E-state index in [1.807, 2.05) is 6.20 Å². The van der Waals surface area contributed by atoms with Gasteiger partial charge in [0.1, 0.15) is 5.82 Å². The monoisotopic (exact) mass is 244 g/mol. The Bertz CT molecular complexity index is 511. The molecule has 2 aromatic heterocycles. The lowest BCUT2D eigenvalue weighted by molar-refractivity contribution is 0.155. The molecule has 0 bridgehead atoms. The molecule has 0 N–H and O–H groups in total. The predicted molar refractivity (Wildman–Crippen MR) is 72.8 cm³/mol. The third-order valence-electron chi connectivity index (χ3n) is 3.76. The molecule has 2 aromatic rings. The molecule has 0 spiro atoms. The Labute approximate surface area is 108 Å². The van der Waals surface area contributed by atoms with Crippen LogP contribution in [0.15, 0.2) is 30.6 Å². The van der Waals surface area contributed by atoms with Gasteiger partial charge in [0.05, 0.1) is 11.7 Å². The quantitative estimate of drug-likeness (QED) is 0.808. The summed E-state index contributed by atoms with van der Waals surface area (Å²) in [5.41, 5.74) is 1.19. The van der Waals surface area contributed by atoms with Gasteiger partial charge >= 0.3 is 0 Å². The van der Waals surface area contributed by atoms with Gasteiger partial charge in [-0.3, -0.25) is 0 Å². The first kappa shape index (κ1) is 11.7. The lowest BCUT2D eigenvalue weighted by atomic mass is 10.3. The molecular weight excluding hydrogens is 224 g/mol. The highest BCUT2D eigenvalue weighted by atomic mass is 15.2. The van der Waals surface area contributed by atoms with E-state index >= 15 is 0 Å². The number of fused-ring (bicyclic) bond motifs is 1. The summed E-state index contributed by atoms with van der Waals surface area (Å²) in [4.78, 5) is 9.44. The molecule has 96 valence electrons. The molecule has 0 radical (unpaired) electrons. The molecule has 1 aliphatic rings. The zero-order chi connectivity index (χ0) is 12.4. The highest BCUT2D eigenvalue weighted by Gasteiger charge is 2.14. The van der Waals surface area contributed by atoms with Crippen LogP contribution in [0, 0.1) is 0 Å². The van der Waals surface area contributed by atoms with E-state index in [-0.39, 0.29) is 0 Å². The van der Waals surface area contributed by atoms with Crippen molar-refractivity contribution in [1.82, 2.24) is 19.2 Å². The summed E-state index contributed by atoms with van der Waals surface area (Å²) in [5, 5.41) is 0. The topological polar surface area (TPSA) is 23.8 Å². The first-order valence-corrected chi connectivity index (χ1v) is 6.65. The first-order chi connectivity index (χ1) is 8.83. The van der Waals surface area contributed by atoms with Crippen molar-refractivity contribution in [3.63, 3.8) is 0 Å². The molecule has 1 saturated heterocycles. The van der Waals surface area contributed by atoms with Gasteiger partial charge in [-0.25, -0.2) is 4.98 Å². The summed E-state index contributed by atoms with van der Waals surface area (Å²) in [5.74, 6) is 1.17. The van der Waals surface area contributed by atoms with E-state index in [9.17, 15) is 0 Å². The average molecular weight is 244 g/mol. The number of hydrogen-bond donors (Lipinski definition) is 0. The summed E-state index contributed by atoms with van der Waals surface area (Å²) in [6.45, 7) is 5.84. The summed E-state index contributed by atoms with van der Waals surface area (Å²) >= 11 is 0. The summed E-state index contributed by atoms with van der Waals surface area (Å²) in [6, 6.07) is 6.22. The van der Waals surface area contributed by atoms with Gasteiger partial charge in [-0.2, -0.15) is 0 Å². The van der Waals surface area contributed by atoms with Crippen molar-refractivity contribution in [2.24, 2.45) is 0 Å². The fraction of sp³-hybridized carbons (Fsp3) is 0.500. The standard InChI is InChI=1S/C14H20N4/c1-16-8-10-17(11-9-16)7-5-14-15-12-13-4-2-3-6-18(13)14/h2-4,6,12H,5,7-11H2,1H3. The number of imidazole rings is 1. The minimum atomic E-state index is 1.03. The molecule has 0 unspecified atom stereocenters. The Morgan fingerprint density at radius 2 is 2.00 bits per heavy atom. The second kappa shape index (κ2) is 5.08. The van der Waals surface area contributed by atoms with Crippen molar-refractivity contribution in [2.45, 2.75) is 6.42 Å². The van der Waals surface area contributed by atoms with E-state index in [0.717, 1.165) is 13.0 Å². The average Bonchev–Trinajstić information content (AvgIpc) is 2.82. The molecule has 1 fully saturated rings. The number of aromatic nitrogens is 2. The smallest absolute Gasteiger partial charge is 0.114 e. The minimum Gasteiger partial charge on any atom is -0.304 e. The third kappa shape index (κ3) is 2.40. The third-order valence-corrected chi connectivity index (χ3v) is 3.76. The van der Waals surface area contributed by atoms with Crippen molar-refractivity contribution < 1.29 is 0 Å². The number of rotatable bonds is 3. The molecule has 18 heavy (non-hydrogen) atoms. The molecule has 4 heteroatoms. The highest BCUT2D eigenvalue weighted by molar-refractivity contribution is 5.45. The van der Waals surface area contributed by atoms with Crippen molar-refractivity contribution in [3.05, 3.63) is 36.4 Å². The second-order valence-electron chi connectivity index (χ2n) is 5.06. The van der Waals surface area contributed by atoms with Crippen molar-refractivity contribution >= 4 is 5.52 Å². The molecule has 3 rings (SSSR count). The number of piperazine rings is 1. The van der Waals surface area contributed by atoms with Crippen LogP contribution in [0.25, 0.3) is 5.52 Å². The van der Waals surface area contributed by atoms with Crippen LogP contribution in [0.3, 0.4) is 0 Å². The maximum Gasteiger partial charge on any atom is 0.114 e. The van der Waals surface area contributed by atoms with Crippen LogP contribution in [-0.2, 0) is 6.42 Å². The minimum absolute atomic E-state index is 1.03. The maximum atomic E-state index is 4.52. The molecule has 4 nitrogen and oxygen atoms in total. The largest absolute Gasteiger partial charge is 0.304 e. The Kier molecular flexibility index (Phi) is 3.30. The van der Waals surface area contributed by atoms with E-state index in [2.05, 4.69) is 50.6 Å². The van der Waals surface area contributed by atoms with Gasteiger partial charge in [0.25, 0.3) is 0 Å². The molecule has 1 aliphatic heterocycles. The number of nitrogens with zero attached hydrogens (tertiary/aromatic N) is 4. The van der Waals surface area contributed by atoms with Gasteiger partial charge < -0.3 is 14.2 Å². The van der Waals surface area contributed by atoms with E-state index in [0.29, 0.717) is 0 Å². The molecule has 0 saturated carbocycles. The van der Waals surface area contributed by atoms with Gasteiger partial charge in [0, 0.05) is 45.3 Å². The predicted octanol–water partition coefficient (Wildman–Crippen LogP) is 1.12. The molecule has 0 aliphatic carbocycles. The van der Waals surface area contributed by atoms with Crippen LogP contribution in [0.1, 0.15) is 5.82 Å². The van der Waals surface area contributed by atoms with E-state index < -0.39 is 0 Å². The van der Waals surface area contributed by atoms with Gasteiger partial charge in [-0.15, -0.1) is 0 Å². The van der Waals surface area contributed by atoms with Crippen LogP contribution in [0.2, 0.25) is 0 Å². The molecule has 3 heterocycles. The number of hydrogen-bond acceptors (Lipinski definition) is 3. The Balaban J connectivity index is 1.63. The van der Waals surface area contributed by atoms with E-state index in [1.54, 1.807) is 0 Å². The van der Waals surface area contributed by atoms with E-state index in [1.165, 1.54) is 37.5 Å². The van der Waals surface area contributed by atoms with Gasteiger partial charge in [0.2, 0.25) is 0 Å². The van der Waals surface area contributed by atoms with Crippen LogP contribution in [0.4, 0.5) is 0 Å². The van der Waals surface area contributed by atoms with Gasteiger partial charge in [0.15, 0.2) is 0 Å². The molecular formula is C14H20N4. The number of likely N-dealkylation sites (N-methyl/N-ethyl adjacent to an activating group) is 1. The Hall–Kier alpha value is -1.39. The molecule has 0 amide bonds. The highest BCUT2D eigenvalue weighted by Crippen LogP contribution is 2.08. The Morgan fingerprint density at radius 3 is 2.83 bits per heavy atom. The summed E-state index contributed by atoms with van der Waals surface area (Å²) < 4.78 is 2.19. The van der Waals surface area contributed by atoms with Gasteiger partial charge in [-0.1, -0.05) is 6.07 Å². The van der Waals surface area contributed by atoms with Crippen molar-refractivity contribution in [3.8, 4) is 0 Å².